The topological polar surface area (TPSA) is 67.8 Å². The molecule has 0 fully saturated rings. The molecular weight excluding hydrogens is 365 g/mol. The number of para-hydroxylation sites is 3. The lowest BCUT2D eigenvalue weighted by Crippen LogP contribution is -2.14. The Morgan fingerprint density at radius 2 is 1.77 bits per heavy atom. The molecule has 2 heterocycles. The number of carbonyl (C=O) groups excluding carboxylic acids is 1. The van der Waals surface area contributed by atoms with Crippen LogP contribution in [0, 0.1) is 0 Å². The minimum Gasteiger partial charge on any atom is -0.296 e. The summed E-state index contributed by atoms with van der Waals surface area (Å²) in [7, 11) is 0. The van der Waals surface area contributed by atoms with Crippen LogP contribution in [0.1, 0.15) is 16.1 Å². The molecule has 4 aromatic rings. The summed E-state index contributed by atoms with van der Waals surface area (Å²) in [5.41, 5.74) is 0.212. The van der Waals surface area contributed by atoms with Crippen molar-refractivity contribution < 1.29 is 18.0 Å². The molecule has 1 amide bonds. The van der Waals surface area contributed by atoms with Gasteiger partial charge in [0.2, 0.25) is 0 Å². The normalized spacial score (nSPS) is 11.8. The summed E-state index contributed by atoms with van der Waals surface area (Å²) in [5, 5.41) is 2.56. The van der Waals surface area contributed by atoms with Crippen LogP contribution in [0.15, 0.2) is 48.7 Å². The van der Waals surface area contributed by atoms with E-state index in [-0.39, 0.29) is 16.3 Å². The summed E-state index contributed by atoms with van der Waals surface area (Å²) < 4.78 is 39.5. The third-order valence-corrected chi connectivity index (χ3v) is 4.56. The fourth-order valence-corrected chi connectivity index (χ4v) is 3.35. The quantitative estimate of drug-likeness (QED) is 0.561. The minimum atomic E-state index is -4.52. The molecule has 0 radical (unpaired) electrons. The maximum absolute atomic E-state index is 13.1. The van der Waals surface area contributed by atoms with Crippen LogP contribution in [0.5, 0.6) is 0 Å². The highest BCUT2D eigenvalue weighted by atomic mass is 32.1. The van der Waals surface area contributed by atoms with Gasteiger partial charge >= 0.3 is 6.18 Å². The van der Waals surface area contributed by atoms with Crippen LogP contribution in [0.25, 0.3) is 21.3 Å². The molecule has 5 nitrogen and oxygen atoms in total. The molecule has 1 N–H and O–H groups in total. The Morgan fingerprint density at radius 1 is 1.00 bits per heavy atom. The number of anilines is 1. The standard InChI is InChI=1S/C17H9F3N4OS/c18-17(19,20)9-4-3-7-13-14(9)23-16(26-13)24-15(25)12-8-21-10-5-1-2-6-11(10)22-12/h1-8H,(H,23,24,25). The highest BCUT2D eigenvalue weighted by Gasteiger charge is 2.33. The molecular formula is C17H9F3N4OS. The van der Waals surface area contributed by atoms with Crippen molar-refractivity contribution >= 4 is 43.6 Å². The van der Waals surface area contributed by atoms with Crippen molar-refractivity contribution in [2.75, 3.05) is 5.32 Å². The third kappa shape index (κ3) is 2.97. The van der Waals surface area contributed by atoms with Crippen LogP contribution >= 0.6 is 11.3 Å². The molecule has 0 saturated heterocycles. The van der Waals surface area contributed by atoms with E-state index in [1.165, 1.54) is 18.3 Å². The molecule has 0 unspecified atom stereocenters. The fraction of sp³-hybridized carbons (Fsp3) is 0.0588. The van der Waals surface area contributed by atoms with E-state index in [0.29, 0.717) is 15.7 Å². The van der Waals surface area contributed by atoms with E-state index < -0.39 is 17.6 Å². The molecule has 9 heteroatoms. The van der Waals surface area contributed by atoms with Gasteiger partial charge in [0.25, 0.3) is 5.91 Å². The molecule has 0 bridgehead atoms. The molecule has 2 aromatic carbocycles. The number of nitrogens with one attached hydrogen (secondary N) is 1. The number of hydrogen-bond donors (Lipinski definition) is 1. The smallest absolute Gasteiger partial charge is 0.296 e. The SMILES string of the molecule is O=C(Nc1nc2c(C(F)(F)F)cccc2s1)c1cnc2ccccc2n1. The van der Waals surface area contributed by atoms with Crippen molar-refractivity contribution in [1.82, 2.24) is 15.0 Å². The first-order chi connectivity index (χ1) is 12.4. The van der Waals surface area contributed by atoms with Gasteiger partial charge in [0, 0.05) is 0 Å². The first kappa shape index (κ1) is 16.4. The van der Waals surface area contributed by atoms with Crippen molar-refractivity contribution in [2.45, 2.75) is 6.18 Å². The van der Waals surface area contributed by atoms with Crippen molar-refractivity contribution in [2.24, 2.45) is 0 Å². The molecule has 130 valence electrons. The number of thiazole rings is 1. The zero-order valence-electron chi connectivity index (χ0n) is 12.9. The van der Waals surface area contributed by atoms with Gasteiger partial charge in [-0.3, -0.25) is 15.1 Å². The largest absolute Gasteiger partial charge is 0.418 e. The van der Waals surface area contributed by atoms with Gasteiger partial charge in [0.05, 0.1) is 33.0 Å². The Morgan fingerprint density at radius 3 is 2.54 bits per heavy atom. The molecule has 4 rings (SSSR count). The Balaban J connectivity index is 1.67. The fourth-order valence-electron chi connectivity index (χ4n) is 2.46. The second-order valence-electron chi connectivity index (χ2n) is 5.37. The lowest BCUT2D eigenvalue weighted by molar-refractivity contribution is -0.136. The zero-order valence-corrected chi connectivity index (χ0v) is 13.7. The number of hydrogen-bond acceptors (Lipinski definition) is 5. The van der Waals surface area contributed by atoms with E-state index in [4.69, 9.17) is 0 Å². The van der Waals surface area contributed by atoms with E-state index in [1.54, 1.807) is 24.3 Å². The maximum atomic E-state index is 13.1. The van der Waals surface area contributed by atoms with E-state index in [9.17, 15) is 18.0 Å². The van der Waals surface area contributed by atoms with Gasteiger partial charge in [-0.1, -0.05) is 29.5 Å². The van der Waals surface area contributed by atoms with Gasteiger partial charge in [-0.15, -0.1) is 0 Å². The predicted octanol–water partition coefficient (Wildman–Crippen LogP) is 4.51. The van der Waals surface area contributed by atoms with E-state index in [2.05, 4.69) is 20.3 Å². The third-order valence-electron chi connectivity index (χ3n) is 3.63. The molecule has 0 aliphatic rings. The number of benzene rings is 2. The summed E-state index contributed by atoms with van der Waals surface area (Å²) >= 11 is 0.963. The molecule has 2 aromatic heterocycles. The van der Waals surface area contributed by atoms with Crippen LogP contribution in [0.3, 0.4) is 0 Å². The van der Waals surface area contributed by atoms with E-state index in [1.807, 2.05) is 0 Å². The van der Waals surface area contributed by atoms with Crippen molar-refractivity contribution in [1.29, 1.82) is 0 Å². The lowest BCUT2D eigenvalue weighted by atomic mass is 10.2. The number of amides is 1. The van der Waals surface area contributed by atoms with Crippen molar-refractivity contribution in [3.63, 3.8) is 0 Å². The lowest BCUT2D eigenvalue weighted by Gasteiger charge is -2.06. The maximum Gasteiger partial charge on any atom is 0.418 e. The van der Waals surface area contributed by atoms with Gasteiger partial charge in [0.1, 0.15) is 5.69 Å². The van der Waals surface area contributed by atoms with Gasteiger partial charge in [-0.2, -0.15) is 13.2 Å². The highest BCUT2D eigenvalue weighted by Crippen LogP contribution is 2.37. The molecule has 0 saturated carbocycles. The number of alkyl halides is 3. The molecule has 0 aliphatic heterocycles. The number of rotatable bonds is 2. The number of halogens is 3. The molecule has 0 spiro atoms. The Hall–Kier alpha value is -3.07. The summed E-state index contributed by atoms with van der Waals surface area (Å²) in [6, 6.07) is 10.8. The van der Waals surface area contributed by atoms with Crippen LogP contribution in [-0.2, 0) is 6.18 Å². The van der Waals surface area contributed by atoms with Crippen LogP contribution in [0.4, 0.5) is 18.3 Å². The second-order valence-corrected chi connectivity index (χ2v) is 6.40. The molecule has 0 atom stereocenters. The molecule has 26 heavy (non-hydrogen) atoms. The monoisotopic (exact) mass is 374 g/mol. The predicted molar refractivity (Wildman–Crippen MR) is 92.1 cm³/mol. The van der Waals surface area contributed by atoms with Crippen molar-refractivity contribution in [3.8, 4) is 0 Å². The number of aromatic nitrogens is 3. The number of fused-ring (bicyclic) bond motifs is 2. The van der Waals surface area contributed by atoms with E-state index >= 15 is 0 Å². The van der Waals surface area contributed by atoms with Gasteiger partial charge in [-0.05, 0) is 24.3 Å². The van der Waals surface area contributed by atoms with Crippen LogP contribution in [-0.4, -0.2) is 20.9 Å². The van der Waals surface area contributed by atoms with Gasteiger partial charge in [-0.25, -0.2) is 9.97 Å². The zero-order chi connectivity index (χ0) is 18.3. The highest BCUT2D eigenvalue weighted by molar-refractivity contribution is 7.22. The second kappa shape index (κ2) is 6.03. The van der Waals surface area contributed by atoms with Crippen LogP contribution < -0.4 is 5.32 Å². The first-order valence-electron chi connectivity index (χ1n) is 7.42. The summed E-state index contributed by atoms with van der Waals surface area (Å²) in [5.74, 6) is -0.587. The van der Waals surface area contributed by atoms with Crippen LogP contribution in [0.2, 0.25) is 0 Å². The Kier molecular flexibility index (Phi) is 3.80. The van der Waals surface area contributed by atoms with Gasteiger partial charge < -0.3 is 0 Å². The Bertz CT molecular complexity index is 1140. The average molecular weight is 374 g/mol. The van der Waals surface area contributed by atoms with Gasteiger partial charge in [0.15, 0.2) is 5.13 Å². The summed E-state index contributed by atoms with van der Waals surface area (Å²) in [6.07, 6.45) is -3.20. The minimum absolute atomic E-state index is 0.0546. The Labute approximate surface area is 148 Å². The van der Waals surface area contributed by atoms with E-state index in [0.717, 1.165) is 17.4 Å². The summed E-state index contributed by atoms with van der Waals surface area (Å²) in [4.78, 5) is 24.6. The summed E-state index contributed by atoms with van der Waals surface area (Å²) in [6.45, 7) is 0. The number of nitrogens with zero attached hydrogens (tertiary/aromatic N) is 3. The first-order valence-corrected chi connectivity index (χ1v) is 8.23. The average Bonchev–Trinajstić information content (AvgIpc) is 3.02. The molecule has 0 aliphatic carbocycles. The number of carbonyl (C=O) groups is 1. The van der Waals surface area contributed by atoms with Crippen molar-refractivity contribution in [3.05, 3.63) is 59.9 Å².